The molecule has 0 unspecified atom stereocenters. The summed E-state index contributed by atoms with van der Waals surface area (Å²) in [6, 6.07) is 5.63. The number of hydrogen-bond donors (Lipinski definition) is 0. The summed E-state index contributed by atoms with van der Waals surface area (Å²) in [5.41, 5.74) is 0.874. The second-order valence-electron chi connectivity index (χ2n) is 5.68. The number of alkyl halides is 1. The average molecular weight is 404 g/mol. The summed E-state index contributed by atoms with van der Waals surface area (Å²) < 4.78 is 6.92. The fourth-order valence-electron chi connectivity index (χ4n) is 2.75. The van der Waals surface area contributed by atoms with Crippen molar-refractivity contribution in [3.8, 4) is 5.75 Å². The lowest BCUT2D eigenvalue weighted by molar-refractivity contribution is 0.0993. The molecule has 0 aromatic heterocycles. The summed E-state index contributed by atoms with van der Waals surface area (Å²) >= 11 is 7.05. The number of halogens is 2. The lowest BCUT2D eigenvalue weighted by Crippen LogP contribution is -2.33. The minimum Gasteiger partial charge on any atom is -0.492 e. The van der Waals surface area contributed by atoms with Crippen LogP contribution in [0.15, 0.2) is 22.7 Å². The molecule has 1 aromatic rings. The van der Waals surface area contributed by atoms with Crippen molar-refractivity contribution in [2.24, 2.45) is 5.41 Å². The van der Waals surface area contributed by atoms with Crippen molar-refractivity contribution in [3.63, 3.8) is 0 Å². The zero-order valence-electron chi connectivity index (χ0n) is 11.8. The highest BCUT2D eigenvalue weighted by molar-refractivity contribution is 9.10. The fourth-order valence-corrected chi connectivity index (χ4v) is 3.84. The zero-order valence-corrected chi connectivity index (χ0v) is 14.9. The van der Waals surface area contributed by atoms with Crippen molar-refractivity contribution < 1.29 is 9.53 Å². The highest BCUT2D eigenvalue weighted by atomic mass is 79.9. The molecular formula is C16H20Br2O2. The van der Waals surface area contributed by atoms with E-state index in [4.69, 9.17) is 4.74 Å². The molecule has 1 aliphatic rings. The molecule has 1 saturated carbocycles. The van der Waals surface area contributed by atoms with Crippen molar-refractivity contribution in [2.75, 3.05) is 11.9 Å². The van der Waals surface area contributed by atoms with Gasteiger partial charge in [-0.2, -0.15) is 0 Å². The largest absolute Gasteiger partial charge is 0.492 e. The quantitative estimate of drug-likeness (QED) is 0.487. The van der Waals surface area contributed by atoms with Gasteiger partial charge in [0.05, 0.1) is 12.2 Å². The molecular weight excluding hydrogens is 384 g/mol. The normalized spacial score (nSPS) is 17.8. The molecule has 4 heteroatoms. The van der Waals surface area contributed by atoms with E-state index in [1.165, 1.54) is 32.1 Å². The van der Waals surface area contributed by atoms with Gasteiger partial charge in [0.25, 0.3) is 0 Å². The fraction of sp³-hybridized carbons (Fsp3) is 0.562. The Kier molecular flexibility index (Phi) is 5.67. The molecule has 110 valence electrons. The molecule has 0 amide bonds. The molecule has 1 aromatic carbocycles. The van der Waals surface area contributed by atoms with E-state index in [9.17, 15) is 4.79 Å². The summed E-state index contributed by atoms with van der Waals surface area (Å²) in [5.74, 6) is 0.740. The molecule has 0 spiro atoms. The second kappa shape index (κ2) is 7.08. The molecule has 1 fully saturated rings. The van der Waals surface area contributed by atoms with E-state index in [1.807, 2.05) is 18.2 Å². The first-order valence-corrected chi connectivity index (χ1v) is 8.97. The Morgan fingerprint density at radius 2 is 2.00 bits per heavy atom. The SMILES string of the molecule is CC(=O)c1cc(Br)ccc1OCC1(CBr)CCCCC1. The number of benzene rings is 1. The van der Waals surface area contributed by atoms with Crippen LogP contribution < -0.4 is 4.74 Å². The molecule has 0 heterocycles. The standard InChI is InChI=1S/C16H20Br2O2/c1-12(19)14-9-13(18)5-6-15(14)20-11-16(10-17)7-3-2-4-8-16/h5-6,9H,2-4,7-8,10-11H2,1H3. The van der Waals surface area contributed by atoms with Gasteiger partial charge in [-0.1, -0.05) is 51.1 Å². The van der Waals surface area contributed by atoms with Crippen LogP contribution in [0.5, 0.6) is 5.75 Å². The minimum absolute atomic E-state index is 0.0397. The smallest absolute Gasteiger partial charge is 0.163 e. The Morgan fingerprint density at radius 3 is 2.60 bits per heavy atom. The third kappa shape index (κ3) is 3.85. The number of hydrogen-bond acceptors (Lipinski definition) is 2. The summed E-state index contributed by atoms with van der Waals surface area (Å²) in [4.78, 5) is 11.7. The molecule has 20 heavy (non-hydrogen) atoms. The van der Waals surface area contributed by atoms with Gasteiger partial charge in [-0.3, -0.25) is 4.79 Å². The molecule has 0 saturated heterocycles. The maximum atomic E-state index is 11.7. The van der Waals surface area contributed by atoms with Gasteiger partial charge in [-0.15, -0.1) is 0 Å². The van der Waals surface area contributed by atoms with Gasteiger partial charge in [0.2, 0.25) is 0 Å². The Labute approximate surface area is 137 Å². The molecule has 2 rings (SSSR count). The first-order valence-electron chi connectivity index (χ1n) is 7.06. The lowest BCUT2D eigenvalue weighted by Gasteiger charge is -2.35. The number of ketones is 1. The van der Waals surface area contributed by atoms with Crippen LogP contribution in [0.2, 0.25) is 0 Å². The zero-order chi connectivity index (χ0) is 14.6. The molecule has 0 N–H and O–H groups in total. The maximum absolute atomic E-state index is 11.7. The van der Waals surface area contributed by atoms with E-state index in [2.05, 4.69) is 31.9 Å². The summed E-state index contributed by atoms with van der Waals surface area (Å²) in [6.07, 6.45) is 6.27. The van der Waals surface area contributed by atoms with E-state index in [1.54, 1.807) is 6.92 Å². The van der Waals surface area contributed by atoms with Crippen molar-refractivity contribution in [2.45, 2.75) is 39.0 Å². The van der Waals surface area contributed by atoms with Gasteiger partial charge < -0.3 is 4.74 Å². The molecule has 1 aliphatic carbocycles. The molecule has 0 aliphatic heterocycles. The van der Waals surface area contributed by atoms with E-state index in [0.717, 1.165) is 9.80 Å². The minimum atomic E-state index is 0.0397. The van der Waals surface area contributed by atoms with E-state index >= 15 is 0 Å². The number of rotatable bonds is 5. The van der Waals surface area contributed by atoms with Gasteiger partial charge >= 0.3 is 0 Å². The molecule has 0 atom stereocenters. The van der Waals surface area contributed by atoms with Crippen LogP contribution in [0, 0.1) is 5.41 Å². The Morgan fingerprint density at radius 1 is 1.30 bits per heavy atom. The maximum Gasteiger partial charge on any atom is 0.163 e. The average Bonchev–Trinajstić information content (AvgIpc) is 2.47. The van der Waals surface area contributed by atoms with Crippen LogP contribution in [0.4, 0.5) is 0 Å². The van der Waals surface area contributed by atoms with E-state index < -0.39 is 0 Å². The highest BCUT2D eigenvalue weighted by Crippen LogP contribution is 2.38. The van der Waals surface area contributed by atoms with Crippen LogP contribution in [-0.2, 0) is 0 Å². The molecule has 0 radical (unpaired) electrons. The monoisotopic (exact) mass is 402 g/mol. The Bertz CT molecular complexity index is 479. The van der Waals surface area contributed by atoms with Crippen LogP contribution >= 0.6 is 31.9 Å². The first kappa shape index (κ1) is 16.0. The summed E-state index contributed by atoms with van der Waals surface area (Å²) in [6.45, 7) is 2.26. The van der Waals surface area contributed by atoms with Crippen molar-refractivity contribution in [3.05, 3.63) is 28.2 Å². The molecule has 2 nitrogen and oxygen atoms in total. The third-order valence-electron chi connectivity index (χ3n) is 4.05. The Balaban J connectivity index is 2.11. The lowest BCUT2D eigenvalue weighted by atomic mass is 9.76. The predicted octanol–water partition coefficient (Wildman–Crippen LogP) is 5.38. The predicted molar refractivity (Wildman–Crippen MR) is 89.0 cm³/mol. The second-order valence-corrected chi connectivity index (χ2v) is 7.16. The summed E-state index contributed by atoms with van der Waals surface area (Å²) in [7, 11) is 0. The highest BCUT2D eigenvalue weighted by Gasteiger charge is 2.32. The number of carbonyl (C=O) groups excluding carboxylic acids is 1. The third-order valence-corrected chi connectivity index (χ3v) is 5.74. The van der Waals surface area contributed by atoms with Gasteiger partial charge in [0, 0.05) is 15.2 Å². The van der Waals surface area contributed by atoms with E-state index in [0.29, 0.717) is 17.9 Å². The van der Waals surface area contributed by atoms with Crippen LogP contribution in [0.3, 0.4) is 0 Å². The number of Topliss-reactive ketones (excluding diaryl/α,β-unsaturated/α-hetero) is 1. The van der Waals surface area contributed by atoms with Gasteiger partial charge in [-0.05, 0) is 38.0 Å². The van der Waals surface area contributed by atoms with Crippen molar-refractivity contribution in [1.29, 1.82) is 0 Å². The molecule has 0 bridgehead atoms. The first-order chi connectivity index (χ1) is 9.56. The van der Waals surface area contributed by atoms with Crippen LogP contribution in [-0.4, -0.2) is 17.7 Å². The summed E-state index contributed by atoms with van der Waals surface area (Å²) in [5, 5.41) is 0.964. The van der Waals surface area contributed by atoms with E-state index in [-0.39, 0.29) is 11.2 Å². The van der Waals surface area contributed by atoms with Gasteiger partial charge in [-0.25, -0.2) is 0 Å². The number of carbonyl (C=O) groups is 1. The topological polar surface area (TPSA) is 26.3 Å². The van der Waals surface area contributed by atoms with Crippen molar-refractivity contribution in [1.82, 2.24) is 0 Å². The van der Waals surface area contributed by atoms with Crippen LogP contribution in [0.25, 0.3) is 0 Å². The number of ether oxygens (including phenoxy) is 1. The Hall–Kier alpha value is -0.350. The van der Waals surface area contributed by atoms with Gasteiger partial charge in [0.15, 0.2) is 5.78 Å². The van der Waals surface area contributed by atoms with Crippen molar-refractivity contribution >= 4 is 37.6 Å². The van der Waals surface area contributed by atoms with Gasteiger partial charge in [0.1, 0.15) is 5.75 Å². The van der Waals surface area contributed by atoms with Crippen LogP contribution in [0.1, 0.15) is 49.4 Å².